The highest BCUT2D eigenvalue weighted by molar-refractivity contribution is 6.05. The summed E-state index contributed by atoms with van der Waals surface area (Å²) >= 11 is 0. The largest absolute Gasteiger partial charge is 0.394 e. The molecule has 0 fully saturated rings. The average molecular weight is 468 g/mol. The van der Waals surface area contributed by atoms with Gasteiger partial charge in [0.15, 0.2) is 11.6 Å². The molecule has 0 atom stereocenters. The van der Waals surface area contributed by atoms with Crippen LogP contribution in [0.25, 0.3) is 11.4 Å². The van der Waals surface area contributed by atoms with Crippen LogP contribution in [0.2, 0.25) is 0 Å². The molecule has 4 aromatic rings. The lowest BCUT2D eigenvalue weighted by Gasteiger charge is -2.10. The van der Waals surface area contributed by atoms with Gasteiger partial charge in [-0.1, -0.05) is 24.3 Å². The molecule has 1 heterocycles. The van der Waals surface area contributed by atoms with Gasteiger partial charge in [0, 0.05) is 11.3 Å². The second-order valence-corrected chi connectivity index (χ2v) is 7.68. The van der Waals surface area contributed by atoms with E-state index >= 15 is 0 Å². The third-order valence-corrected chi connectivity index (χ3v) is 5.15. The molecule has 1 aromatic heterocycles. The zero-order chi connectivity index (χ0) is 24.8. The number of ether oxygens (including phenoxy) is 1. The van der Waals surface area contributed by atoms with Crippen LogP contribution in [-0.2, 0) is 18.0 Å². The molecule has 0 aliphatic rings. The van der Waals surface area contributed by atoms with Crippen LogP contribution in [0.4, 0.5) is 21.6 Å². The first-order chi connectivity index (χ1) is 16.9. The topological polar surface area (TPSA) is 140 Å². The van der Waals surface area contributed by atoms with E-state index < -0.39 is 11.7 Å². The fourth-order valence-electron chi connectivity index (χ4n) is 3.23. The Kier molecular flexibility index (Phi) is 6.95. The zero-order valence-electron chi connectivity index (χ0n) is 18.5. The Labute approximate surface area is 201 Å². The van der Waals surface area contributed by atoms with E-state index in [1.165, 1.54) is 24.4 Å². The highest BCUT2D eigenvalue weighted by Crippen LogP contribution is 2.22. The molecule has 0 saturated heterocycles. The number of nitrogens with two attached hydrogens (primary N) is 2. The number of nitrogens with one attached hydrogen (secondary N) is 1. The molecule has 0 aliphatic carbocycles. The van der Waals surface area contributed by atoms with E-state index in [0.717, 1.165) is 11.1 Å². The summed E-state index contributed by atoms with van der Waals surface area (Å²) in [5.74, 6) is -0.956. The van der Waals surface area contributed by atoms with Crippen molar-refractivity contribution in [2.24, 2.45) is 0 Å². The molecule has 35 heavy (non-hydrogen) atoms. The van der Waals surface area contributed by atoms with Crippen molar-refractivity contribution in [3.63, 3.8) is 0 Å². The number of anilines is 3. The second kappa shape index (κ2) is 10.4. The van der Waals surface area contributed by atoms with E-state index in [4.69, 9.17) is 21.5 Å². The Bertz CT molecular complexity index is 1400. The van der Waals surface area contributed by atoms with Crippen LogP contribution >= 0.6 is 0 Å². The number of benzene rings is 3. The van der Waals surface area contributed by atoms with Gasteiger partial charge < -0.3 is 21.5 Å². The molecule has 0 aliphatic heterocycles. The lowest BCUT2D eigenvalue weighted by atomic mass is 10.1. The Hall–Kier alpha value is -4.81. The van der Waals surface area contributed by atoms with Gasteiger partial charge in [-0.05, 0) is 53.6 Å². The first kappa shape index (κ1) is 23.4. The summed E-state index contributed by atoms with van der Waals surface area (Å²) in [4.78, 5) is 20.9. The molecule has 5 N–H and O–H groups in total. The monoisotopic (exact) mass is 468 g/mol. The molecule has 1 amide bonds. The summed E-state index contributed by atoms with van der Waals surface area (Å²) in [7, 11) is 0. The van der Waals surface area contributed by atoms with Crippen molar-refractivity contribution >= 4 is 23.1 Å². The summed E-state index contributed by atoms with van der Waals surface area (Å²) in [6, 6.07) is 20.3. The molecule has 8 nitrogen and oxygen atoms in total. The van der Waals surface area contributed by atoms with Crippen LogP contribution in [-0.4, -0.2) is 15.9 Å². The average Bonchev–Trinajstić information content (AvgIpc) is 2.87. The van der Waals surface area contributed by atoms with Crippen molar-refractivity contribution in [1.29, 1.82) is 5.26 Å². The van der Waals surface area contributed by atoms with Gasteiger partial charge in [0.05, 0.1) is 42.3 Å². The van der Waals surface area contributed by atoms with Crippen molar-refractivity contribution in [3.8, 4) is 17.5 Å². The smallest absolute Gasteiger partial charge is 0.258 e. The van der Waals surface area contributed by atoms with Crippen molar-refractivity contribution in [1.82, 2.24) is 9.97 Å². The molecule has 3 aromatic carbocycles. The van der Waals surface area contributed by atoms with E-state index in [2.05, 4.69) is 21.4 Å². The second-order valence-electron chi connectivity index (χ2n) is 7.68. The number of rotatable bonds is 7. The third-order valence-electron chi connectivity index (χ3n) is 5.15. The highest BCUT2D eigenvalue weighted by atomic mass is 19.1. The highest BCUT2D eigenvalue weighted by Gasteiger charge is 2.15. The SMILES string of the molecule is N#Cc1ccc(COCc2ccc(NC(=O)c3cc(-c4ncc(N)c(N)n4)ccc3F)cc2)cc1. The Morgan fingerprint density at radius 3 is 2.29 bits per heavy atom. The van der Waals surface area contributed by atoms with Crippen LogP contribution in [0.1, 0.15) is 27.0 Å². The Morgan fingerprint density at radius 2 is 1.66 bits per heavy atom. The lowest BCUT2D eigenvalue weighted by Crippen LogP contribution is -2.14. The van der Waals surface area contributed by atoms with Crippen molar-refractivity contribution in [2.75, 3.05) is 16.8 Å². The molecule has 0 unspecified atom stereocenters. The van der Waals surface area contributed by atoms with Gasteiger partial charge in [0.1, 0.15) is 5.82 Å². The summed E-state index contributed by atoms with van der Waals surface area (Å²) in [5.41, 5.74) is 14.8. The number of nitrogens with zero attached hydrogens (tertiary/aromatic N) is 3. The van der Waals surface area contributed by atoms with Gasteiger partial charge in [-0.3, -0.25) is 4.79 Å². The standard InChI is InChI=1S/C26H21FN6O2/c27-22-10-7-19(25-31-13-23(29)24(30)33-25)11-21(22)26(34)32-20-8-5-18(6-9-20)15-35-14-17-3-1-16(12-28)2-4-17/h1-11,13H,14-15,29H2,(H,32,34)(H2,30,31,33). The Morgan fingerprint density at radius 1 is 1.00 bits per heavy atom. The predicted octanol–water partition coefficient (Wildman–Crippen LogP) is 4.29. The minimum Gasteiger partial charge on any atom is -0.394 e. The van der Waals surface area contributed by atoms with Crippen LogP contribution in [0.3, 0.4) is 0 Å². The molecule has 0 bridgehead atoms. The maximum absolute atomic E-state index is 14.4. The van der Waals surface area contributed by atoms with Gasteiger partial charge in [0.25, 0.3) is 5.91 Å². The van der Waals surface area contributed by atoms with Crippen LogP contribution in [0, 0.1) is 17.1 Å². The number of amides is 1. The first-order valence-corrected chi connectivity index (χ1v) is 10.6. The molecule has 0 spiro atoms. The van der Waals surface area contributed by atoms with Crippen LogP contribution in [0.15, 0.2) is 72.9 Å². The molecular weight excluding hydrogens is 447 g/mol. The van der Waals surface area contributed by atoms with Crippen LogP contribution in [0.5, 0.6) is 0 Å². The van der Waals surface area contributed by atoms with E-state index in [0.29, 0.717) is 30.0 Å². The van der Waals surface area contributed by atoms with E-state index in [1.54, 1.807) is 24.3 Å². The van der Waals surface area contributed by atoms with E-state index in [-0.39, 0.29) is 22.9 Å². The van der Waals surface area contributed by atoms with E-state index in [9.17, 15) is 9.18 Å². The normalized spacial score (nSPS) is 10.5. The number of halogens is 1. The van der Waals surface area contributed by atoms with Gasteiger partial charge in [-0.2, -0.15) is 5.26 Å². The number of aromatic nitrogens is 2. The summed E-state index contributed by atoms with van der Waals surface area (Å²) in [5, 5.41) is 11.5. The van der Waals surface area contributed by atoms with Gasteiger partial charge in [0.2, 0.25) is 0 Å². The molecular formula is C26H21FN6O2. The third kappa shape index (κ3) is 5.76. The Balaban J connectivity index is 1.38. The number of nitrogen functional groups attached to an aromatic ring is 2. The first-order valence-electron chi connectivity index (χ1n) is 10.6. The number of carbonyl (C=O) groups is 1. The molecule has 4 rings (SSSR count). The van der Waals surface area contributed by atoms with Gasteiger partial charge in [-0.25, -0.2) is 14.4 Å². The predicted molar refractivity (Wildman–Crippen MR) is 130 cm³/mol. The molecule has 0 radical (unpaired) electrons. The number of hydrogen-bond acceptors (Lipinski definition) is 7. The maximum Gasteiger partial charge on any atom is 0.258 e. The number of carbonyl (C=O) groups excluding carboxylic acids is 1. The quantitative estimate of drug-likeness (QED) is 0.367. The minimum absolute atomic E-state index is 0.103. The van der Waals surface area contributed by atoms with Crippen molar-refractivity contribution in [2.45, 2.75) is 13.2 Å². The van der Waals surface area contributed by atoms with Crippen molar-refractivity contribution in [3.05, 3.63) is 101 Å². The summed E-state index contributed by atoms with van der Waals surface area (Å²) in [6.07, 6.45) is 1.36. The summed E-state index contributed by atoms with van der Waals surface area (Å²) in [6.45, 7) is 0.777. The number of nitriles is 1. The fourth-order valence-corrected chi connectivity index (χ4v) is 3.23. The van der Waals surface area contributed by atoms with Crippen molar-refractivity contribution < 1.29 is 13.9 Å². The molecule has 174 valence electrons. The number of hydrogen-bond donors (Lipinski definition) is 3. The maximum atomic E-state index is 14.4. The molecule has 0 saturated carbocycles. The summed E-state index contributed by atoms with van der Waals surface area (Å²) < 4.78 is 20.1. The van der Waals surface area contributed by atoms with Gasteiger partial charge >= 0.3 is 0 Å². The van der Waals surface area contributed by atoms with E-state index in [1.807, 2.05) is 24.3 Å². The van der Waals surface area contributed by atoms with Gasteiger partial charge in [-0.15, -0.1) is 0 Å². The van der Waals surface area contributed by atoms with Crippen LogP contribution < -0.4 is 16.8 Å². The lowest BCUT2D eigenvalue weighted by molar-refractivity contribution is 0.102. The zero-order valence-corrected chi connectivity index (χ0v) is 18.5. The fraction of sp³-hybridized carbons (Fsp3) is 0.0769. The minimum atomic E-state index is -0.678. The molecule has 9 heteroatoms.